The Labute approximate surface area is 103 Å². The molecule has 2 aliphatic rings. The molecule has 0 spiro atoms. The molecule has 0 aromatic carbocycles. The summed E-state index contributed by atoms with van der Waals surface area (Å²) in [6.45, 7) is 5.59. The van der Waals surface area contributed by atoms with E-state index in [1.54, 1.807) is 0 Å². The fourth-order valence-corrected chi connectivity index (χ4v) is 2.57. The predicted octanol–water partition coefficient (Wildman–Crippen LogP) is 1.00. The second kappa shape index (κ2) is 5.36. The summed E-state index contributed by atoms with van der Waals surface area (Å²) in [7, 11) is 0. The highest BCUT2D eigenvalue weighted by molar-refractivity contribution is 5.83. The zero-order valence-electron chi connectivity index (χ0n) is 10.8. The van der Waals surface area contributed by atoms with Crippen molar-refractivity contribution < 1.29 is 9.53 Å². The number of rotatable bonds is 5. The molecular formula is C13H24N2O2. The summed E-state index contributed by atoms with van der Waals surface area (Å²) >= 11 is 0. The molecule has 0 radical (unpaired) electrons. The Balaban J connectivity index is 2.02. The summed E-state index contributed by atoms with van der Waals surface area (Å²) < 4.78 is 5.36. The van der Waals surface area contributed by atoms with Crippen LogP contribution in [0.5, 0.6) is 0 Å². The molecule has 17 heavy (non-hydrogen) atoms. The van der Waals surface area contributed by atoms with Gasteiger partial charge in [-0.1, -0.05) is 0 Å². The Morgan fingerprint density at radius 2 is 2.06 bits per heavy atom. The van der Waals surface area contributed by atoms with E-state index in [2.05, 4.69) is 6.92 Å². The number of nitrogens with zero attached hydrogens (tertiary/aromatic N) is 1. The largest absolute Gasteiger partial charge is 0.381 e. The van der Waals surface area contributed by atoms with Gasteiger partial charge in [-0.25, -0.2) is 0 Å². The molecule has 4 heteroatoms. The van der Waals surface area contributed by atoms with Gasteiger partial charge in [0, 0.05) is 32.8 Å². The summed E-state index contributed by atoms with van der Waals surface area (Å²) in [5.41, 5.74) is 5.53. The van der Waals surface area contributed by atoms with Crippen LogP contribution in [0.15, 0.2) is 0 Å². The molecule has 1 aliphatic heterocycles. The molecule has 0 aromatic heterocycles. The first kappa shape index (κ1) is 12.8. The van der Waals surface area contributed by atoms with Crippen molar-refractivity contribution in [1.29, 1.82) is 0 Å². The van der Waals surface area contributed by atoms with Crippen molar-refractivity contribution in [2.45, 2.75) is 32.6 Å². The second-order valence-corrected chi connectivity index (χ2v) is 5.38. The van der Waals surface area contributed by atoms with E-state index in [4.69, 9.17) is 10.5 Å². The number of carbonyl (C=O) groups excluding carboxylic acids is 1. The highest BCUT2D eigenvalue weighted by atomic mass is 16.5. The number of hydrogen-bond acceptors (Lipinski definition) is 3. The van der Waals surface area contributed by atoms with Gasteiger partial charge in [0.2, 0.25) is 5.91 Å². The number of nitrogens with two attached hydrogens (primary N) is 1. The molecular weight excluding hydrogens is 216 g/mol. The summed E-state index contributed by atoms with van der Waals surface area (Å²) in [5.74, 6) is 1.01. The quantitative estimate of drug-likeness (QED) is 0.780. The van der Waals surface area contributed by atoms with Gasteiger partial charge in [-0.05, 0) is 38.5 Å². The number of ether oxygens (including phenoxy) is 1. The van der Waals surface area contributed by atoms with Crippen LogP contribution in [-0.4, -0.2) is 43.7 Å². The van der Waals surface area contributed by atoms with E-state index < -0.39 is 0 Å². The lowest BCUT2D eigenvalue weighted by Gasteiger charge is -2.38. The third kappa shape index (κ3) is 2.80. The minimum Gasteiger partial charge on any atom is -0.381 e. The normalized spacial score (nSPS) is 23.4. The molecule has 2 rings (SSSR count). The Bertz CT molecular complexity index is 271. The van der Waals surface area contributed by atoms with Crippen molar-refractivity contribution in [3.05, 3.63) is 0 Å². The van der Waals surface area contributed by atoms with E-state index >= 15 is 0 Å². The average molecular weight is 240 g/mol. The fourth-order valence-electron chi connectivity index (χ4n) is 2.57. The van der Waals surface area contributed by atoms with Gasteiger partial charge in [0.05, 0.1) is 5.41 Å². The lowest BCUT2D eigenvalue weighted by atomic mass is 9.79. The smallest absolute Gasteiger partial charge is 0.230 e. The molecule has 1 saturated carbocycles. The first-order chi connectivity index (χ1) is 8.22. The van der Waals surface area contributed by atoms with Crippen molar-refractivity contribution in [3.63, 3.8) is 0 Å². The van der Waals surface area contributed by atoms with Crippen molar-refractivity contribution in [3.8, 4) is 0 Å². The average Bonchev–Trinajstić information content (AvgIpc) is 3.20. The minimum atomic E-state index is -0.344. The van der Waals surface area contributed by atoms with Crippen LogP contribution in [0, 0.1) is 11.3 Å². The van der Waals surface area contributed by atoms with Gasteiger partial charge in [-0.3, -0.25) is 4.79 Å². The highest BCUT2D eigenvalue weighted by Crippen LogP contribution is 2.34. The zero-order chi connectivity index (χ0) is 12.3. The molecule has 98 valence electrons. The SMILES string of the molecule is CCN(CC1CC1)C(=O)C1(CN)CCOCC1. The van der Waals surface area contributed by atoms with Crippen molar-refractivity contribution in [1.82, 2.24) is 4.90 Å². The lowest BCUT2D eigenvalue weighted by Crippen LogP contribution is -2.51. The second-order valence-electron chi connectivity index (χ2n) is 5.38. The number of carbonyl (C=O) groups is 1. The summed E-state index contributed by atoms with van der Waals surface area (Å²) in [5, 5.41) is 0. The van der Waals surface area contributed by atoms with Gasteiger partial charge < -0.3 is 15.4 Å². The molecule has 0 bridgehead atoms. The van der Waals surface area contributed by atoms with Crippen molar-refractivity contribution in [2.24, 2.45) is 17.1 Å². The first-order valence-electron chi connectivity index (χ1n) is 6.79. The Morgan fingerprint density at radius 3 is 2.53 bits per heavy atom. The molecule has 1 heterocycles. The van der Waals surface area contributed by atoms with Crippen LogP contribution in [0.1, 0.15) is 32.6 Å². The number of hydrogen-bond donors (Lipinski definition) is 1. The minimum absolute atomic E-state index is 0.262. The van der Waals surface area contributed by atoms with E-state index in [0.717, 1.165) is 31.8 Å². The van der Waals surface area contributed by atoms with Gasteiger partial charge in [0.25, 0.3) is 0 Å². The predicted molar refractivity (Wildman–Crippen MR) is 66.5 cm³/mol. The zero-order valence-corrected chi connectivity index (χ0v) is 10.8. The third-order valence-corrected chi connectivity index (χ3v) is 4.14. The molecule has 0 atom stereocenters. The summed E-state index contributed by atoms with van der Waals surface area (Å²) in [6, 6.07) is 0. The summed E-state index contributed by atoms with van der Waals surface area (Å²) in [4.78, 5) is 14.6. The molecule has 2 fully saturated rings. The van der Waals surface area contributed by atoms with Crippen molar-refractivity contribution in [2.75, 3.05) is 32.8 Å². The molecule has 1 aliphatic carbocycles. The van der Waals surface area contributed by atoms with Gasteiger partial charge >= 0.3 is 0 Å². The van der Waals surface area contributed by atoms with Gasteiger partial charge in [-0.2, -0.15) is 0 Å². The van der Waals surface area contributed by atoms with Crippen LogP contribution in [-0.2, 0) is 9.53 Å². The van der Waals surface area contributed by atoms with E-state index in [-0.39, 0.29) is 11.3 Å². The molecule has 0 aromatic rings. The lowest BCUT2D eigenvalue weighted by molar-refractivity contribution is -0.147. The van der Waals surface area contributed by atoms with Crippen LogP contribution < -0.4 is 5.73 Å². The van der Waals surface area contributed by atoms with E-state index in [9.17, 15) is 4.79 Å². The van der Waals surface area contributed by atoms with E-state index in [1.807, 2.05) is 4.90 Å². The van der Waals surface area contributed by atoms with E-state index in [1.165, 1.54) is 12.8 Å². The maximum absolute atomic E-state index is 12.6. The maximum atomic E-state index is 12.6. The molecule has 1 amide bonds. The Kier molecular flexibility index (Phi) is 4.05. The molecule has 1 saturated heterocycles. The third-order valence-electron chi connectivity index (χ3n) is 4.14. The first-order valence-corrected chi connectivity index (χ1v) is 6.79. The van der Waals surface area contributed by atoms with Crippen LogP contribution in [0.25, 0.3) is 0 Å². The fraction of sp³-hybridized carbons (Fsp3) is 0.923. The van der Waals surface area contributed by atoms with Crippen LogP contribution in [0.2, 0.25) is 0 Å². The van der Waals surface area contributed by atoms with Gasteiger partial charge in [0.1, 0.15) is 0 Å². The Hall–Kier alpha value is -0.610. The topological polar surface area (TPSA) is 55.6 Å². The van der Waals surface area contributed by atoms with Gasteiger partial charge in [0.15, 0.2) is 0 Å². The standard InChI is InChI=1S/C13H24N2O2/c1-2-15(9-11-3-4-11)12(16)13(10-14)5-7-17-8-6-13/h11H,2-10,14H2,1H3. The number of amides is 1. The van der Waals surface area contributed by atoms with Gasteiger partial charge in [-0.15, -0.1) is 0 Å². The molecule has 2 N–H and O–H groups in total. The maximum Gasteiger partial charge on any atom is 0.230 e. The molecule has 0 unspecified atom stereocenters. The Morgan fingerprint density at radius 1 is 1.41 bits per heavy atom. The highest BCUT2D eigenvalue weighted by Gasteiger charge is 2.42. The van der Waals surface area contributed by atoms with Crippen LogP contribution >= 0.6 is 0 Å². The van der Waals surface area contributed by atoms with Crippen LogP contribution in [0.3, 0.4) is 0 Å². The van der Waals surface area contributed by atoms with Crippen LogP contribution in [0.4, 0.5) is 0 Å². The van der Waals surface area contributed by atoms with E-state index in [0.29, 0.717) is 19.8 Å². The summed E-state index contributed by atoms with van der Waals surface area (Å²) in [6.07, 6.45) is 4.12. The van der Waals surface area contributed by atoms with Crippen molar-refractivity contribution >= 4 is 5.91 Å². The monoisotopic (exact) mass is 240 g/mol. The molecule has 4 nitrogen and oxygen atoms in total.